The first kappa shape index (κ1) is 25.4. The molecule has 0 fully saturated rings. The average molecular weight is 555 g/mol. The molecular formula is C28H29NO4SSe. The topological polar surface area (TPSA) is 59.8 Å². The predicted molar refractivity (Wildman–Crippen MR) is 139 cm³/mol. The number of furan rings is 1. The second-order valence-electron chi connectivity index (χ2n) is 8.12. The summed E-state index contributed by atoms with van der Waals surface area (Å²) in [5.41, 5.74) is 2.04. The van der Waals surface area contributed by atoms with Crippen LogP contribution in [0.3, 0.4) is 0 Å². The van der Waals surface area contributed by atoms with E-state index in [0.29, 0.717) is 18.9 Å². The molecule has 35 heavy (non-hydrogen) atoms. The Kier molecular flexibility index (Phi) is 8.96. The number of benzene rings is 3. The van der Waals surface area contributed by atoms with Gasteiger partial charge in [-0.1, -0.05) is 0 Å². The van der Waals surface area contributed by atoms with Crippen LogP contribution >= 0.6 is 0 Å². The van der Waals surface area contributed by atoms with Gasteiger partial charge in [0.05, 0.1) is 0 Å². The molecule has 0 aliphatic heterocycles. The van der Waals surface area contributed by atoms with Crippen LogP contribution in [0.15, 0.2) is 113 Å². The van der Waals surface area contributed by atoms with Crippen molar-refractivity contribution in [3.05, 3.63) is 120 Å². The molecule has 5 nitrogen and oxygen atoms in total. The van der Waals surface area contributed by atoms with Gasteiger partial charge in [0.1, 0.15) is 0 Å². The minimum atomic E-state index is -3.79. The zero-order valence-electron chi connectivity index (χ0n) is 19.6. The fourth-order valence-electron chi connectivity index (χ4n) is 3.71. The molecule has 0 N–H and O–H groups in total. The van der Waals surface area contributed by atoms with Gasteiger partial charge in [-0.15, -0.1) is 0 Å². The molecule has 1 atom stereocenters. The van der Waals surface area contributed by atoms with Crippen LogP contribution < -0.4 is 4.46 Å². The van der Waals surface area contributed by atoms with Crippen LogP contribution in [0.2, 0.25) is 5.32 Å². The molecule has 0 saturated heterocycles. The fraction of sp³-hybridized carbons (Fsp3) is 0.214. The van der Waals surface area contributed by atoms with E-state index in [-0.39, 0.29) is 26.5 Å². The summed E-state index contributed by atoms with van der Waals surface area (Å²) in [6, 6.07) is 30.1. The molecule has 0 aliphatic carbocycles. The van der Waals surface area contributed by atoms with Crippen LogP contribution in [-0.4, -0.2) is 40.8 Å². The van der Waals surface area contributed by atoms with Crippen molar-refractivity contribution in [2.45, 2.75) is 29.8 Å². The Morgan fingerprint density at radius 3 is 2.23 bits per heavy atom. The molecule has 0 radical (unpaired) electrons. The van der Waals surface area contributed by atoms with E-state index < -0.39 is 16.1 Å². The Bertz CT molecular complexity index is 1260. The summed E-state index contributed by atoms with van der Waals surface area (Å²) < 4.78 is 42.3. The molecule has 4 rings (SSSR count). The van der Waals surface area contributed by atoms with Gasteiger partial charge in [-0.2, -0.15) is 0 Å². The first-order valence-corrected chi connectivity index (χ1v) is 15.0. The summed E-state index contributed by atoms with van der Waals surface area (Å²) in [6.07, 6.45) is 1.57. The predicted octanol–water partition coefficient (Wildman–Crippen LogP) is 4.98. The standard InChI is InChI=1S/C28H29NO4SSe/c1-23-14-16-25(17-15-23)34(30,31)29(18-20-35-26-11-6-3-7-12-26)27(28-13-8-19-33-28)22-32-21-24-9-4-2-5-10-24/h2-17,19,27H,18,20-22H2,1H3/t27-/m1/s1. The van der Waals surface area contributed by atoms with Crippen LogP contribution in [0, 0.1) is 6.92 Å². The molecule has 3 aromatic carbocycles. The maximum absolute atomic E-state index is 13.9. The first-order chi connectivity index (χ1) is 17.0. The number of rotatable bonds is 12. The average Bonchev–Trinajstić information content (AvgIpc) is 3.41. The molecule has 0 spiro atoms. The Morgan fingerprint density at radius 2 is 1.57 bits per heavy atom. The zero-order valence-corrected chi connectivity index (χ0v) is 22.1. The molecule has 1 aromatic heterocycles. The molecule has 0 amide bonds. The van der Waals surface area contributed by atoms with Gasteiger partial charge in [-0.25, -0.2) is 0 Å². The third-order valence-corrected chi connectivity index (χ3v) is 9.56. The van der Waals surface area contributed by atoms with Gasteiger partial charge in [-0.05, 0) is 0 Å². The Balaban J connectivity index is 1.60. The third-order valence-electron chi connectivity index (χ3n) is 5.56. The van der Waals surface area contributed by atoms with Crippen molar-refractivity contribution in [3.8, 4) is 0 Å². The molecule has 182 valence electrons. The van der Waals surface area contributed by atoms with Crippen molar-refractivity contribution in [2.24, 2.45) is 0 Å². The van der Waals surface area contributed by atoms with E-state index in [4.69, 9.17) is 9.15 Å². The summed E-state index contributed by atoms with van der Waals surface area (Å²) in [5, 5.41) is 0.734. The van der Waals surface area contributed by atoms with Gasteiger partial charge in [-0.3, -0.25) is 0 Å². The zero-order chi connectivity index (χ0) is 24.5. The Hall–Kier alpha value is -2.67. The number of aryl methyl sites for hydroxylation is 1. The van der Waals surface area contributed by atoms with Crippen molar-refractivity contribution in [2.75, 3.05) is 13.2 Å². The summed E-state index contributed by atoms with van der Waals surface area (Å²) in [6.45, 7) is 2.89. The summed E-state index contributed by atoms with van der Waals surface area (Å²) in [5.74, 6) is 0.570. The fourth-order valence-corrected chi connectivity index (χ4v) is 7.39. The van der Waals surface area contributed by atoms with Crippen molar-refractivity contribution < 1.29 is 17.6 Å². The van der Waals surface area contributed by atoms with Gasteiger partial charge >= 0.3 is 214 Å². The van der Waals surface area contributed by atoms with Gasteiger partial charge in [0.15, 0.2) is 0 Å². The SMILES string of the molecule is Cc1ccc(S(=O)(=O)N(CC[Se]c2ccccc2)[C@H](COCc2ccccc2)c2ccco2)cc1. The quantitative estimate of drug-likeness (QED) is 0.232. The second kappa shape index (κ2) is 12.3. The van der Waals surface area contributed by atoms with Gasteiger partial charge in [0.2, 0.25) is 0 Å². The van der Waals surface area contributed by atoms with Gasteiger partial charge in [0.25, 0.3) is 0 Å². The van der Waals surface area contributed by atoms with Crippen LogP contribution in [0.25, 0.3) is 0 Å². The van der Waals surface area contributed by atoms with E-state index >= 15 is 0 Å². The van der Waals surface area contributed by atoms with Crippen LogP contribution in [0.4, 0.5) is 0 Å². The van der Waals surface area contributed by atoms with Gasteiger partial charge in [0, 0.05) is 0 Å². The van der Waals surface area contributed by atoms with Crippen molar-refractivity contribution in [1.82, 2.24) is 4.31 Å². The van der Waals surface area contributed by atoms with Crippen molar-refractivity contribution in [3.63, 3.8) is 0 Å². The second-order valence-corrected chi connectivity index (χ2v) is 12.5. The summed E-state index contributed by atoms with van der Waals surface area (Å²) in [4.78, 5) is 0.273. The van der Waals surface area contributed by atoms with Crippen LogP contribution in [-0.2, 0) is 21.4 Å². The van der Waals surface area contributed by atoms with Crippen LogP contribution in [0.1, 0.15) is 22.9 Å². The van der Waals surface area contributed by atoms with E-state index in [1.165, 1.54) is 4.46 Å². The van der Waals surface area contributed by atoms with E-state index in [0.717, 1.165) is 16.4 Å². The molecule has 1 heterocycles. The molecule has 0 bridgehead atoms. The first-order valence-electron chi connectivity index (χ1n) is 11.5. The number of hydrogen-bond donors (Lipinski definition) is 0. The molecule has 0 aliphatic rings. The minimum absolute atomic E-state index is 0.140. The summed E-state index contributed by atoms with van der Waals surface area (Å²) >= 11 is 0.140. The monoisotopic (exact) mass is 555 g/mol. The molecule has 0 unspecified atom stereocenters. The molecule has 4 aromatic rings. The van der Waals surface area contributed by atoms with E-state index in [1.807, 2.05) is 73.7 Å². The number of sulfonamides is 1. The van der Waals surface area contributed by atoms with E-state index in [1.54, 1.807) is 28.8 Å². The molecule has 0 saturated carbocycles. The van der Waals surface area contributed by atoms with Crippen molar-refractivity contribution in [1.29, 1.82) is 0 Å². The van der Waals surface area contributed by atoms with Crippen molar-refractivity contribution >= 4 is 29.4 Å². The van der Waals surface area contributed by atoms with Crippen LogP contribution in [0.5, 0.6) is 0 Å². The molecule has 7 heteroatoms. The summed E-state index contributed by atoms with van der Waals surface area (Å²) in [7, 11) is -3.79. The van der Waals surface area contributed by atoms with E-state index in [2.05, 4.69) is 12.1 Å². The normalized spacial score (nSPS) is 12.6. The Labute approximate surface area is 214 Å². The number of ether oxygens (including phenoxy) is 1. The van der Waals surface area contributed by atoms with E-state index in [9.17, 15) is 8.42 Å². The third kappa shape index (κ3) is 6.94. The Morgan fingerprint density at radius 1 is 0.886 bits per heavy atom. The number of nitrogens with zero attached hydrogens (tertiary/aromatic N) is 1. The van der Waals surface area contributed by atoms with Gasteiger partial charge < -0.3 is 0 Å². The maximum atomic E-state index is 13.9. The molecular weight excluding hydrogens is 525 g/mol. The number of hydrogen-bond acceptors (Lipinski definition) is 4.